The fraction of sp³-hybridized carbons (Fsp3) is 0.529. The molecular weight excluding hydrogens is 314 g/mol. The van der Waals surface area contributed by atoms with E-state index in [0.717, 1.165) is 28.3 Å². The molecule has 3 heteroatoms. The molecule has 0 spiro atoms. The van der Waals surface area contributed by atoms with E-state index in [1.807, 2.05) is 12.1 Å². The highest BCUT2D eigenvalue weighted by atomic mass is 79.9. The summed E-state index contributed by atoms with van der Waals surface area (Å²) >= 11 is 3.50. The second-order valence-corrected chi connectivity index (χ2v) is 6.86. The average Bonchev–Trinajstić information content (AvgIpc) is 3.06. The maximum atomic E-state index is 5.92. The highest BCUT2D eigenvalue weighted by Crippen LogP contribution is 2.28. The summed E-state index contributed by atoms with van der Waals surface area (Å²) < 4.78 is 7.02. The van der Waals surface area contributed by atoms with Gasteiger partial charge in [0.2, 0.25) is 0 Å². The van der Waals surface area contributed by atoms with Gasteiger partial charge in [-0.1, -0.05) is 41.6 Å². The summed E-state index contributed by atoms with van der Waals surface area (Å²) in [4.78, 5) is 0. The summed E-state index contributed by atoms with van der Waals surface area (Å²) in [5.41, 5.74) is 0.965. The van der Waals surface area contributed by atoms with E-state index in [2.05, 4.69) is 40.3 Å². The number of rotatable bonds is 5. The molecule has 1 aromatic heterocycles. The van der Waals surface area contributed by atoms with Gasteiger partial charge >= 0.3 is 0 Å². The van der Waals surface area contributed by atoms with Crippen LogP contribution in [0, 0.1) is 5.92 Å². The van der Waals surface area contributed by atoms with Crippen molar-refractivity contribution in [3.05, 3.63) is 34.5 Å². The van der Waals surface area contributed by atoms with E-state index < -0.39 is 0 Å². The summed E-state index contributed by atoms with van der Waals surface area (Å²) in [5.74, 6) is 1.98. The molecule has 1 aliphatic carbocycles. The number of hydrogen-bond acceptors (Lipinski definition) is 2. The van der Waals surface area contributed by atoms with Gasteiger partial charge in [-0.2, -0.15) is 0 Å². The van der Waals surface area contributed by atoms with Gasteiger partial charge in [-0.05, 0) is 50.1 Å². The van der Waals surface area contributed by atoms with E-state index in [4.69, 9.17) is 4.42 Å². The normalized spacial score (nSPS) is 17.9. The number of fused-ring (bicyclic) bond motifs is 1. The van der Waals surface area contributed by atoms with Crippen molar-refractivity contribution >= 4 is 26.9 Å². The van der Waals surface area contributed by atoms with Crippen LogP contribution in [0.15, 0.2) is 33.2 Å². The van der Waals surface area contributed by atoms with Gasteiger partial charge in [-0.25, -0.2) is 0 Å². The predicted molar refractivity (Wildman–Crippen MR) is 86.9 cm³/mol. The van der Waals surface area contributed by atoms with Crippen LogP contribution in [-0.4, -0.2) is 6.54 Å². The van der Waals surface area contributed by atoms with Crippen LogP contribution >= 0.6 is 15.9 Å². The number of furan rings is 1. The molecule has 0 bridgehead atoms. The standard InChI is InChI=1S/C17H22BrNO/c1-12(19-9-8-13-4-2-3-5-13)17-11-14-10-15(18)6-7-16(14)20-17/h6-7,10-13,19H,2-5,8-9H2,1H3. The fourth-order valence-electron chi connectivity index (χ4n) is 3.15. The second kappa shape index (κ2) is 6.31. The molecule has 1 saturated carbocycles. The van der Waals surface area contributed by atoms with Crippen molar-refractivity contribution in [2.24, 2.45) is 5.92 Å². The highest BCUT2D eigenvalue weighted by Gasteiger charge is 2.16. The van der Waals surface area contributed by atoms with Gasteiger partial charge in [-0.15, -0.1) is 0 Å². The Hall–Kier alpha value is -0.800. The van der Waals surface area contributed by atoms with Gasteiger partial charge in [0.05, 0.1) is 6.04 Å². The largest absolute Gasteiger partial charge is 0.459 e. The van der Waals surface area contributed by atoms with Crippen LogP contribution in [-0.2, 0) is 0 Å². The van der Waals surface area contributed by atoms with Crippen LogP contribution in [0.2, 0.25) is 0 Å². The lowest BCUT2D eigenvalue weighted by molar-refractivity contribution is 0.416. The molecular formula is C17H22BrNO. The minimum Gasteiger partial charge on any atom is -0.459 e. The third-order valence-corrected chi connectivity index (χ3v) is 4.90. The van der Waals surface area contributed by atoms with Gasteiger partial charge in [-0.3, -0.25) is 0 Å². The number of halogens is 1. The van der Waals surface area contributed by atoms with Gasteiger partial charge in [0, 0.05) is 9.86 Å². The Morgan fingerprint density at radius 1 is 1.30 bits per heavy atom. The maximum absolute atomic E-state index is 5.92. The first kappa shape index (κ1) is 14.2. The van der Waals surface area contributed by atoms with E-state index in [1.54, 1.807) is 0 Å². The molecule has 1 fully saturated rings. The lowest BCUT2D eigenvalue weighted by atomic mass is 10.0. The maximum Gasteiger partial charge on any atom is 0.134 e. The molecule has 108 valence electrons. The van der Waals surface area contributed by atoms with E-state index in [0.29, 0.717) is 0 Å². The Morgan fingerprint density at radius 3 is 2.90 bits per heavy atom. The van der Waals surface area contributed by atoms with Crippen molar-refractivity contribution in [1.29, 1.82) is 0 Å². The topological polar surface area (TPSA) is 25.2 Å². The first-order chi connectivity index (χ1) is 9.72. The molecule has 2 aromatic rings. The van der Waals surface area contributed by atoms with Crippen molar-refractivity contribution in [3.63, 3.8) is 0 Å². The van der Waals surface area contributed by atoms with E-state index in [9.17, 15) is 0 Å². The molecule has 1 aliphatic rings. The molecule has 2 nitrogen and oxygen atoms in total. The smallest absolute Gasteiger partial charge is 0.134 e. The molecule has 1 unspecified atom stereocenters. The monoisotopic (exact) mass is 335 g/mol. The molecule has 20 heavy (non-hydrogen) atoms. The van der Waals surface area contributed by atoms with Crippen LogP contribution in [0.3, 0.4) is 0 Å². The number of benzene rings is 1. The third kappa shape index (κ3) is 3.26. The number of hydrogen-bond donors (Lipinski definition) is 1. The summed E-state index contributed by atoms with van der Waals surface area (Å²) in [6.07, 6.45) is 7.01. The minimum absolute atomic E-state index is 0.280. The van der Waals surface area contributed by atoms with Crippen molar-refractivity contribution in [3.8, 4) is 0 Å². The van der Waals surface area contributed by atoms with Crippen molar-refractivity contribution in [2.75, 3.05) is 6.54 Å². The fourth-order valence-corrected chi connectivity index (χ4v) is 3.53. The van der Waals surface area contributed by atoms with E-state index in [-0.39, 0.29) is 6.04 Å². The van der Waals surface area contributed by atoms with Crippen LogP contribution in [0.25, 0.3) is 11.0 Å². The zero-order chi connectivity index (χ0) is 13.9. The molecule has 0 amide bonds. The van der Waals surface area contributed by atoms with Crippen molar-refractivity contribution < 1.29 is 4.42 Å². The predicted octanol–water partition coefficient (Wildman–Crippen LogP) is 5.43. The summed E-state index contributed by atoms with van der Waals surface area (Å²) in [6, 6.07) is 8.57. The minimum atomic E-state index is 0.280. The summed E-state index contributed by atoms with van der Waals surface area (Å²) in [5, 5.41) is 4.76. The van der Waals surface area contributed by atoms with Crippen LogP contribution in [0.5, 0.6) is 0 Å². The molecule has 1 heterocycles. The van der Waals surface area contributed by atoms with E-state index in [1.165, 1.54) is 37.5 Å². The molecule has 3 rings (SSSR count). The molecule has 0 saturated heterocycles. The van der Waals surface area contributed by atoms with Crippen LogP contribution < -0.4 is 5.32 Å². The molecule has 1 aromatic carbocycles. The summed E-state index contributed by atoms with van der Waals surface area (Å²) in [6.45, 7) is 3.27. The molecule has 0 aliphatic heterocycles. The Labute approximate surface area is 129 Å². The SMILES string of the molecule is CC(NCCC1CCCC1)c1cc2cc(Br)ccc2o1. The Morgan fingerprint density at radius 2 is 2.10 bits per heavy atom. The number of nitrogens with one attached hydrogen (secondary N) is 1. The average molecular weight is 336 g/mol. The molecule has 1 atom stereocenters. The van der Waals surface area contributed by atoms with Crippen molar-refractivity contribution in [2.45, 2.75) is 45.1 Å². The molecule has 0 radical (unpaired) electrons. The van der Waals surface area contributed by atoms with E-state index >= 15 is 0 Å². The van der Waals surface area contributed by atoms with Gasteiger partial charge < -0.3 is 9.73 Å². The van der Waals surface area contributed by atoms with Crippen LogP contribution in [0.1, 0.15) is 50.8 Å². The Bertz CT molecular complexity index is 571. The Balaban J connectivity index is 1.58. The van der Waals surface area contributed by atoms with Gasteiger partial charge in [0.15, 0.2) is 0 Å². The molecule has 1 N–H and O–H groups in total. The zero-order valence-corrected chi connectivity index (χ0v) is 13.6. The Kier molecular flexibility index (Phi) is 4.47. The first-order valence-corrected chi connectivity index (χ1v) is 8.44. The first-order valence-electron chi connectivity index (χ1n) is 7.65. The van der Waals surface area contributed by atoms with Crippen LogP contribution in [0.4, 0.5) is 0 Å². The lowest BCUT2D eigenvalue weighted by Crippen LogP contribution is -2.21. The van der Waals surface area contributed by atoms with Gasteiger partial charge in [0.25, 0.3) is 0 Å². The third-order valence-electron chi connectivity index (χ3n) is 4.40. The van der Waals surface area contributed by atoms with Gasteiger partial charge in [0.1, 0.15) is 11.3 Å². The summed E-state index contributed by atoms with van der Waals surface area (Å²) in [7, 11) is 0. The lowest BCUT2D eigenvalue weighted by Gasteiger charge is -2.13. The zero-order valence-electron chi connectivity index (χ0n) is 12.0. The second-order valence-electron chi connectivity index (χ2n) is 5.95. The highest BCUT2D eigenvalue weighted by molar-refractivity contribution is 9.10. The van der Waals surface area contributed by atoms with Crippen molar-refractivity contribution in [1.82, 2.24) is 5.32 Å². The quantitative estimate of drug-likeness (QED) is 0.788.